The van der Waals surface area contributed by atoms with Gasteiger partial charge in [-0.2, -0.15) is 0 Å². The maximum atomic E-state index is 13.3. The predicted molar refractivity (Wildman–Crippen MR) is 84.5 cm³/mol. The molecule has 0 aliphatic carbocycles. The second-order valence-corrected chi connectivity index (χ2v) is 5.47. The first-order chi connectivity index (χ1) is 10.0. The van der Waals surface area contributed by atoms with Gasteiger partial charge in [0.15, 0.2) is 0 Å². The highest BCUT2D eigenvalue weighted by molar-refractivity contribution is 5.41. The second-order valence-electron chi connectivity index (χ2n) is 5.47. The maximum absolute atomic E-state index is 13.3. The topological polar surface area (TPSA) is 26.7 Å². The minimum atomic E-state index is -0.276. The Morgan fingerprint density at radius 2 is 1.95 bits per heavy atom. The van der Waals surface area contributed by atoms with E-state index in [9.17, 15) is 4.39 Å². The molecule has 0 aliphatic heterocycles. The van der Waals surface area contributed by atoms with Crippen molar-refractivity contribution in [1.29, 1.82) is 0 Å². The maximum Gasteiger partial charge on any atom is 0.124 e. The summed E-state index contributed by atoms with van der Waals surface area (Å²) in [5.41, 5.74) is 1.73. The highest BCUT2D eigenvalue weighted by atomic mass is 19.1. The highest BCUT2D eigenvalue weighted by Gasteiger charge is 2.06. The summed E-state index contributed by atoms with van der Waals surface area (Å²) in [4.78, 5) is 4.38. The molecule has 0 heterocycles. The summed E-state index contributed by atoms with van der Waals surface area (Å²) >= 11 is 0. The molecule has 1 aromatic rings. The molecule has 1 rings (SSSR count). The lowest BCUT2D eigenvalue weighted by Gasteiger charge is -2.19. The van der Waals surface area contributed by atoms with Crippen molar-refractivity contribution in [1.82, 2.24) is 9.80 Å². The molecule has 3 nitrogen and oxygen atoms in total. The molecule has 116 valence electrons. The molecule has 21 heavy (non-hydrogen) atoms. The SMILES string of the molecule is CN(C)CCCN(C)Cc1ccc(F)cc1C#CCCO. The minimum Gasteiger partial charge on any atom is -0.395 e. The molecule has 0 fully saturated rings. The van der Waals surface area contributed by atoms with Gasteiger partial charge in [-0.15, -0.1) is 0 Å². The molecular formula is C17H25FN2O. The molecule has 0 radical (unpaired) electrons. The van der Waals surface area contributed by atoms with Gasteiger partial charge in [-0.25, -0.2) is 4.39 Å². The highest BCUT2D eigenvalue weighted by Crippen LogP contribution is 2.13. The van der Waals surface area contributed by atoms with Crippen LogP contribution in [0.15, 0.2) is 18.2 Å². The minimum absolute atomic E-state index is 0.0298. The first-order valence-corrected chi connectivity index (χ1v) is 7.24. The van der Waals surface area contributed by atoms with Crippen LogP contribution < -0.4 is 0 Å². The third kappa shape index (κ3) is 7.24. The summed E-state index contributed by atoms with van der Waals surface area (Å²) in [7, 11) is 6.19. The molecule has 0 aliphatic rings. The van der Waals surface area contributed by atoms with Gasteiger partial charge in [0.25, 0.3) is 0 Å². The Bertz CT molecular complexity index is 491. The molecule has 0 atom stereocenters. The average Bonchev–Trinajstić information content (AvgIpc) is 2.41. The van der Waals surface area contributed by atoms with Gasteiger partial charge in [-0.05, 0) is 58.3 Å². The van der Waals surface area contributed by atoms with Gasteiger partial charge in [0.2, 0.25) is 0 Å². The van der Waals surface area contributed by atoms with Crippen LogP contribution in [0.3, 0.4) is 0 Å². The summed E-state index contributed by atoms with van der Waals surface area (Å²) in [6.07, 6.45) is 1.50. The fourth-order valence-electron chi connectivity index (χ4n) is 2.04. The summed E-state index contributed by atoms with van der Waals surface area (Å²) in [5, 5.41) is 8.77. The van der Waals surface area contributed by atoms with Crippen LogP contribution in [-0.2, 0) is 6.54 Å². The smallest absolute Gasteiger partial charge is 0.124 e. The van der Waals surface area contributed by atoms with E-state index in [0.717, 1.165) is 31.6 Å². The number of benzene rings is 1. The Morgan fingerprint density at radius 1 is 1.19 bits per heavy atom. The molecule has 1 aromatic carbocycles. The Hall–Kier alpha value is -1.41. The van der Waals surface area contributed by atoms with Crippen molar-refractivity contribution >= 4 is 0 Å². The van der Waals surface area contributed by atoms with E-state index < -0.39 is 0 Å². The zero-order valence-electron chi connectivity index (χ0n) is 13.2. The number of nitrogens with zero attached hydrogens (tertiary/aromatic N) is 2. The van der Waals surface area contributed by atoms with Crippen molar-refractivity contribution in [2.45, 2.75) is 19.4 Å². The van der Waals surface area contributed by atoms with Gasteiger partial charge in [0.05, 0.1) is 6.61 Å². The van der Waals surface area contributed by atoms with E-state index >= 15 is 0 Å². The molecule has 1 N–H and O–H groups in total. The molecular weight excluding hydrogens is 267 g/mol. The molecule has 0 bridgehead atoms. The van der Waals surface area contributed by atoms with Crippen molar-refractivity contribution in [2.24, 2.45) is 0 Å². The lowest BCUT2D eigenvalue weighted by atomic mass is 10.1. The monoisotopic (exact) mass is 292 g/mol. The largest absolute Gasteiger partial charge is 0.395 e. The van der Waals surface area contributed by atoms with Crippen molar-refractivity contribution in [2.75, 3.05) is 40.8 Å². The van der Waals surface area contributed by atoms with Gasteiger partial charge in [-0.1, -0.05) is 17.9 Å². The van der Waals surface area contributed by atoms with Gasteiger partial charge in [0, 0.05) is 18.5 Å². The van der Waals surface area contributed by atoms with E-state index in [-0.39, 0.29) is 12.4 Å². The lowest BCUT2D eigenvalue weighted by molar-refractivity contribution is 0.294. The van der Waals surface area contributed by atoms with Crippen LogP contribution in [0.25, 0.3) is 0 Å². The van der Waals surface area contributed by atoms with E-state index in [0.29, 0.717) is 12.0 Å². The zero-order valence-corrected chi connectivity index (χ0v) is 13.2. The molecule has 0 saturated heterocycles. The van der Waals surface area contributed by atoms with E-state index in [1.807, 2.05) is 0 Å². The quantitative estimate of drug-likeness (QED) is 0.778. The average molecular weight is 292 g/mol. The normalized spacial score (nSPS) is 10.8. The number of hydrogen-bond donors (Lipinski definition) is 1. The third-order valence-corrected chi connectivity index (χ3v) is 3.12. The Labute approximate surface area is 127 Å². The summed E-state index contributed by atoms with van der Waals surface area (Å²) in [6.45, 7) is 2.81. The number of aliphatic hydroxyl groups is 1. The Balaban J connectivity index is 2.67. The first kappa shape index (κ1) is 17.6. The van der Waals surface area contributed by atoms with E-state index in [2.05, 4.69) is 42.8 Å². The molecule has 0 amide bonds. The van der Waals surface area contributed by atoms with Crippen molar-refractivity contribution < 1.29 is 9.50 Å². The van der Waals surface area contributed by atoms with Crippen molar-refractivity contribution in [3.05, 3.63) is 35.1 Å². The lowest BCUT2D eigenvalue weighted by Crippen LogP contribution is -2.23. The van der Waals surface area contributed by atoms with Crippen LogP contribution in [0, 0.1) is 17.7 Å². The van der Waals surface area contributed by atoms with Gasteiger partial charge >= 0.3 is 0 Å². The molecule has 0 aromatic heterocycles. The van der Waals surface area contributed by atoms with E-state index in [1.54, 1.807) is 6.07 Å². The fraction of sp³-hybridized carbons (Fsp3) is 0.529. The van der Waals surface area contributed by atoms with Gasteiger partial charge in [0.1, 0.15) is 5.82 Å². The number of aliphatic hydroxyl groups excluding tert-OH is 1. The van der Waals surface area contributed by atoms with Crippen LogP contribution in [0.2, 0.25) is 0 Å². The summed E-state index contributed by atoms with van der Waals surface area (Å²) in [6, 6.07) is 4.73. The van der Waals surface area contributed by atoms with Crippen molar-refractivity contribution in [3.8, 4) is 11.8 Å². The van der Waals surface area contributed by atoms with E-state index in [1.165, 1.54) is 12.1 Å². The van der Waals surface area contributed by atoms with Crippen LogP contribution >= 0.6 is 0 Å². The van der Waals surface area contributed by atoms with Crippen LogP contribution in [0.5, 0.6) is 0 Å². The first-order valence-electron chi connectivity index (χ1n) is 7.24. The van der Waals surface area contributed by atoms with Crippen molar-refractivity contribution in [3.63, 3.8) is 0 Å². The Morgan fingerprint density at radius 3 is 2.62 bits per heavy atom. The second kappa shape index (κ2) is 9.51. The zero-order chi connectivity index (χ0) is 15.7. The summed E-state index contributed by atoms with van der Waals surface area (Å²) < 4.78 is 13.3. The third-order valence-electron chi connectivity index (χ3n) is 3.12. The van der Waals surface area contributed by atoms with Gasteiger partial charge in [-0.3, -0.25) is 0 Å². The van der Waals surface area contributed by atoms with Crippen LogP contribution in [-0.4, -0.2) is 55.7 Å². The van der Waals surface area contributed by atoms with Crippen LogP contribution in [0.4, 0.5) is 4.39 Å². The standard InChI is InChI=1S/C17H25FN2O/c1-19(2)10-6-11-20(3)14-16-8-9-17(18)13-15(16)7-4-5-12-21/h8-9,13,21H,5-6,10-12,14H2,1-3H3. The fourth-order valence-corrected chi connectivity index (χ4v) is 2.04. The van der Waals surface area contributed by atoms with Gasteiger partial charge < -0.3 is 14.9 Å². The van der Waals surface area contributed by atoms with Crippen LogP contribution in [0.1, 0.15) is 24.0 Å². The molecule has 0 unspecified atom stereocenters. The molecule has 0 saturated carbocycles. The number of halogens is 1. The van der Waals surface area contributed by atoms with E-state index in [4.69, 9.17) is 5.11 Å². The molecule has 0 spiro atoms. The number of hydrogen-bond acceptors (Lipinski definition) is 3. The summed E-state index contributed by atoms with van der Waals surface area (Å²) in [5.74, 6) is 5.53. The molecule has 4 heteroatoms. The predicted octanol–water partition coefficient (Wildman–Crippen LogP) is 1.94. The Kier molecular flexibility index (Phi) is 7.99. The number of rotatable bonds is 7.